The van der Waals surface area contributed by atoms with Crippen LogP contribution in [-0.2, 0) is 21.2 Å². The number of carboxylic acid groups (broad SMARTS) is 1. The van der Waals surface area contributed by atoms with Crippen LogP contribution in [0.15, 0.2) is 18.2 Å². The number of carboxylic acids is 1. The van der Waals surface area contributed by atoms with Crippen LogP contribution in [0.5, 0.6) is 0 Å². The average molecular weight is 368 g/mol. The Hall–Kier alpha value is -2.09. The van der Waals surface area contributed by atoms with Gasteiger partial charge in [-0.15, -0.1) is 0 Å². The molecule has 8 heteroatoms. The lowest BCUT2D eigenvalue weighted by Crippen LogP contribution is -2.42. The predicted molar refractivity (Wildman–Crippen MR) is 95.3 cm³/mol. The van der Waals surface area contributed by atoms with Crippen LogP contribution in [0.4, 0.5) is 5.69 Å². The molecule has 0 saturated carbocycles. The van der Waals surface area contributed by atoms with E-state index in [0.29, 0.717) is 37.1 Å². The van der Waals surface area contributed by atoms with Gasteiger partial charge in [-0.2, -0.15) is 0 Å². The number of nitrogens with zero attached hydrogens (tertiary/aromatic N) is 1. The van der Waals surface area contributed by atoms with E-state index in [1.165, 1.54) is 4.31 Å². The number of hydrogen-bond acceptors (Lipinski definition) is 4. The number of anilines is 1. The zero-order chi connectivity index (χ0) is 18.8. The third kappa shape index (κ3) is 3.78. The van der Waals surface area contributed by atoms with E-state index in [1.807, 2.05) is 0 Å². The van der Waals surface area contributed by atoms with Crippen LogP contribution in [0.2, 0.25) is 0 Å². The Balaban J connectivity index is 2.16. The van der Waals surface area contributed by atoms with E-state index in [4.69, 9.17) is 0 Å². The summed E-state index contributed by atoms with van der Waals surface area (Å²) in [6, 6.07) is 4.87. The largest absolute Gasteiger partial charge is 0.481 e. The van der Waals surface area contributed by atoms with Gasteiger partial charge in [-0.1, -0.05) is 13.8 Å². The quantitative estimate of drug-likeness (QED) is 0.761. The van der Waals surface area contributed by atoms with Crippen molar-refractivity contribution in [3.63, 3.8) is 0 Å². The van der Waals surface area contributed by atoms with E-state index in [0.717, 1.165) is 11.8 Å². The maximum Gasteiger partial charge on any atom is 0.311 e. The van der Waals surface area contributed by atoms with Gasteiger partial charge in [0, 0.05) is 18.7 Å². The van der Waals surface area contributed by atoms with Crippen LogP contribution >= 0.6 is 0 Å². The predicted octanol–water partition coefficient (Wildman–Crippen LogP) is 1.63. The number of sulfonamides is 1. The van der Waals surface area contributed by atoms with E-state index >= 15 is 0 Å². The fourth-order valence-corrected chi connectivity index (χ4v) is 4.05. The summed E-state index contributed by atoms with van der Waals surface area (Å²) < 4.78 is 24.8. The summed E-state index contributed by atoms with van der Waals surface area (Å²) in [6.45, 7) is 4.01. The number of hydrogen-bond donors (Lipinski definition) is 2. The minimum absolute atomic E-state index is 0.0563. The summed E-state index contributed by atoms with van der Waals surface area (Å²) >= 11 is 0. The second-order valence-corrected chi connectivity index (χ2v) is 8.31. The Morgan fingerprint density at radius 2 is 1.92 bits per heavy atom. The van der Waals surface area contributed by atoms with Crippen LogP contribution in [0.1, 0.15) is 42.6 Å². The molecule has 1 amide bonds. The van der Waals surface area contributed by atoms with E-state index in [-0.39, 0.29) is 12.5 Å². The third-order valence-corrected chi connectivity index (χ3v) is 6.17. The summed E-state index contributed by atoms with van der Waals surface area (Å²) in [6.07, 6.45) is 2.55. The Labute approximate surface area is 148 Å². The fraction of sp³-hybridized carbons (Fsp3) is 0.529. The Kier molecular flexibility index (Phi) is 5.41. The number of carbonyl (C=O) groups excluding carboxylic acids is 1. The van der Waals surface area contributed by atoms with Gasteiger partial charge in [0.2, 0.25) is 10.0 Å². The number of carbonyl (C=O) groups is 2. The molecule has 0 aliphatic carbocycles. The highest BCUT2D eigenvalue weighted by Crippen LogP contribution is 2.31. The lowest BCUT2D eigenvalue weighted by Gasteiger charge is -2.26. The standard InChI is InChI=1S/C17H24N2O5S/c1-4-17(5-2,16(21)22)11-18-15(20)13-6-7-14-12(10-13)8-9-19(14)25(3,23)24/h6-7,10H,4-5,8-9,11H2,1-3H3,(H,18,20)(H,21,22). The SMILES string of the molecule is CCC(CC)(CNC(=O)c1ccc2c(c1)CCN2S(C)(=O)=O)C(=O)O. The first-order chi connectivity index (χ1) is 11.6. The smallest absolute Gasteiger partial charge is 0.311 e. The molecule has 7 nitrogen and oxygen atoms in total. The van der Waals surface area contributed by atoms with Gasteiger partial charge in [0.15, 0.2) is 0 Å². The van der Waals surface area contributed by atoms with Crippen molar-refractivity contribution in [2.24, 2.45) is 5.41 Å². The van der Waals surface area contributed by atoms with Gasteiger partial charge in [-0.25, -0.2) is 8.42 Å². The molecular weight excluding hydrogens is 344 g/mol. The number of benzene rings is 1. The van der Waals surface area contributed by atoms with Crippen molar-refractivity contribution in [3.05, 3.63) is 29.3 Å². The number of aliphatic carboxylic acids is 1. The molecule has 0 aromatic heterocycles. The van der Waals surface area contributed by atoms with Gasteiger partial charge in [-0.3, -0.25) is 13.9 Å². The average Bonchev–Trinajstić information content (AvgIpc) is 2.99. The summed E-state index contributed by atoms with van der Waals surface area (Å²) in [7, 11) is -3.33. The van der Waals surface area contributed by atoms with Crippen LogP contribution in [0.25, 0.3) is 0 Å². The topological polar surface area (TPSA) is 104 Å². The van der Waals surface area contributed by atoms with Crippen molar-refractivity contribution < 1.29 is 23.1 Å². The summed E-state index contributed by atoms with van der Waals surface area (Å²) in [5.74, 6) is -1.27. The maximum absolute atomic E-state index is 12.4. The lowest BCUT2D eigenvalue weighted by atomic mass is 9.82. The molecule has 138 valence electrons. The molecule has 25 heavy (non-hydrogen) atoms. The van der Waals surface area contributed by atoms with Crippen molar-refractivity contribution in [1.29, 1.82) is 0 Å². The fourth-order valence-electron chi connectivity index (χ4n) is 3.09. The first kappa shape index (κ1) is 19.2. The second-order valence-electron chi connectivity index (χ2n) is 6.40. The van der Waals surface area contributed by atoms with Crippen LogP contribution in [-0.4, -0.2) is 44.7 Å². The molecule has 0 radical (unpaired) electrons. The highest BCUT2D eigenvalue weighted by Gasteiger charge is 2.35. The lowest BCUT2D eigenvalue weighted by molar-refractivity contribution is -0.149. The molecule has 0 bridgehead atoms. The van der Waals surface area contributed by atoms with Gasteiger partial charge < -0.3 is 10.4 Å². The molecule has 0 unspecified atom stereocenters. The third-order valence-electron chi connectivity index (χ3n) is 4.99. The second kappa shape index (κ2) is 7.03. The van der Waals surface area contributed by atoms with Crippen molar-refractivity contribution >= 4 is 27.6 Å². The monoisotopic (exact) mass is 368 g/mol. The van der Waals surface area contributed by atoms with E-state index in [2.05, 4.69) is 5.32 Å². The molecular formula is C17H24N2O5S. The van der Waals surface area contributed by atoms with Crippen molar-refractivity contribution in [1.82, 2.24) is 5.32 Å². The van der Waals surface area contributed by atoms with Gasteiger partial charge in [-0.05, 0) is 43.0 Å². The number of nitrogens with one attached hydrogen (secondary N) is 1. The molecule has 0 saturated heterocycles. The molecule has 1 heterocycles. The summed E-state index contributed by atoms with van der Waals surface area (Å²) in [4.78, 5) is 23.9. The van der Waals surface area contributed by atoms with Crippen LogP contribution < -0.4 is 9.62 Å². The highest BCUT2D eigenvalue weighted by atomic mass is 32.2. The van der Waals surface area contributed by atoms with Crippen molar-refractivity contribution in [2.45, 2.75) is 33.1 Å². The van der Waals surface area contributed by atoms with Gasteiger partial charge in [0.25, 0.3) is 5.91 Å². The summed E-state index contributed by atoms with van der Waals surface area (Å²) in [5, 5.41) is 12.1. The minimum Gasteiger partial charge on any atom is -0.481 e. The van der Waals surface area contributed by atoms with Gasteiger partial charge >= 0.3 is 5.97 Å². The van der Waals surface area contributed by atoms with E-state index in [1.54, 1.807) is 32.0 Å². The Morgan fingerprint density at radius 1 is 1.28 bits per heavy atom. The molecule has 0 atom stereocenters. The highest BCUT2D eigenvalue weighted by molar-refractivity contribution is 7.92. The Morgan fingerprint density at radius 3 is 2.44 bits per heavy atom. The van der Waals surface area contributed by atoms with Gasteiger partial charge in [0.1, 0.15) is 0 Å². The number of amides is 1. The molecule has 2 rings (SSSR count). The molecule has 0 fully saturated rings. The molecule has 1 aromatic rings. The zero-order valence-corrected chi connectivity index (χ0v) is 15.5. The molecule has 1 aromatic carbocycles. The van der Waals surface area contributed by atoms with Gasteiger partial charge in [0.05, 0.1) is 17.4 Å². The molecule has 2 N–H and O–H groups in total. The van der Waals surface area contributed by atoms with E-state index in [9.17, 15) is 23.1 Å². The number of fused-ring (bicyclic) bond motifs is 1. The van der Waals surface area contributed by atoms with Crippen LogP contribution in [0.3, 0.4) is 0 Å². The zero-order valence-electron chi connectivity index (χ0n) is 14.7. The molecule has 0 spiro atoms. The first-order valence-corrected chi connectivity index (χ1v) is 10.1. The van der Waals surface area contributed by atoms with Crippen molar-refractivity contribution in [3.8, 4) is 0 Å². The van der Waals surface area contributed by atoms with Crippen LogP contribution in [0, 0.1) is 5.41 Å². The minimum atomic E-state index is -3.33. The summed E-state index contributed by atoms with van der Waals surface area (Å²) in [5.41, 5.74) is 0.828. The molecule has 1 aliphatic rings. The van der Waals surface area contributed by atoms with Crippen molar-refractivity contribution in [2.75, 3.05) is 23.7 Å². The number of rotatable bonds is 7. The normalized spacial score (nSPS) is 14.3. The van der Waals surface area contributed by atoms with E-state index < -0.39 is 21.4 Å². The Bertz CT molecular complexity index is 784. The molecule has 1 aliphatic heterocycles. The first-order valence-electron chi connectivity index (χ1n) is 8.27. The maximum atomic E-state index is 12.4.